The van der Waals surface area contributed by atoms with Gasteiger partial charge in [0.2, 0.25) is 0 Å². The van der Waals surface area contributed by atoms with E-state index in [1.54, 1.807) is 0 Å². The number of fused-ring (bicyclic) bond motifs is 13. The molecule has 0 heterocycles. The number of hydrogen-bond donors (Lipinski definition) is 0. The summed E-state index contributed by atoms with van der Waals surface area (Å²) in [5.74, 6) is 0. The zero-order valence-electron chi connectivity index (χ0n) is 26.5. The predicted molar refractivity (Wildman–Crippen MR) is 202 cm³/mol. The van der Waals surface area contributed by atoms with Crippen LogP contribution in [-0.2, 0) is 5.41 Å². The number of rotatable bonds is 2. The predicted octanol–water partition coefficient (Wildman–Crippen LogP) is 13.1. The first-order valence-electron chi connectivity index (χ1n) is 16.6. The summed E-state index contributed by atoms with van der Waals surface area (Å²) in [5, 5.41) is 13.2. The smallest absolute Gasteiger partial charge is 0.0165 e. The summed E-state index contributed by atoms with van der Waals surface area (Å²) in [6, 6.07) is 58.7. The minimum atomic E-state index is -0.167. The average molecular weight is 597 g/mol. The van der Waals surface area contributed by atoms with Gasteiger partial charge in [-0.15, -0.1) is 0 Å². The maximum Gasteiger partial charge on any atom is 0.0165 e. The van der Waals surface area contributed by atoms with Crippen LogP contribution in [0, 0.1) is 0 Å². The lowest BCUT2D eigenvalue weighted by molar-refractivity contribution is 0.667. The van der Waals surface area contributed by atoms with Crippen molar-refractivity contribution in [2.75, 3.05) is 0 Å². The van der Waals surface area contributed by atoms with Gasteiger partial charge in [0.15, 0.2) is 0 Å². The van der Waals surface area contributed by atoms with Gasteiger partial charge in [-0.1, -0.05) is 153 Å². The standard InChI is InChI=1S/C47H32/c1-47(2)43-28-42(30-16-13-15-29(26-30)41-27-31-14-3-4-17-32(31)33-18-5-6-21-36(33)41)37-22-8-10-23-38(37)44(43)45-39-24-11-7-19-34(39)35-20-9-12-25-40(35)46(45)47/h3-28H,1-2H3. The molecule has 0 unspecified atom stereocenters. The molecule has 9 aromatic carbocycles. The van der Waals surface area contributed by atoms with Crippen LogP contribution in [0.4, 0.5) is 0 Å². The molecule has 10 rings (SSSR count). The van der Waals surface area contributed by atoms with Crippen molar-refractivity contribution in [3.63, 3.8) is 0 Å². The van der Waals surface area contributed by atoms with Gasteiger partial charge in [-0.2, -0.15) is 0 Å². The lowest BCUT2D eigenvalue weighted by Crippen LogP contribution is -2.16. The molecule has 0 fully saturated rings. The van der Waals surface area contributed by atoms with Crippen molar-refractivity contribution in [2.24, 2.45) is 0 Å². The Labute approximate surface area is 274 Å². The highest BCUT2D eigenvalue weighted by atomic mass is 14.4. The van der Waals surface area contributed by atoms with Crippen molar-refractivity contribution in [3.8, 4) is 33.4 Å². The van der Waals surface area contributed by atoms with Crippen molar-refractivity contribution < 1.29 is 0 Å². The molecule has 0 bridgehead atoms. The number of hydrogen-bond acceptors (Lipinski definition) is 0. The molecule has 0 amide bonds. The molecule has 220 valence electrons. The molecule has 0 atom stereocenters. The highest BCUT2D eigenvalue weighted by Crippen LogP contribution is 2.57. The van der Waals surface area contributed by atoms with Crippen molar-refractivity contribution in [1.29, 1.82) is 0 Å². The Morgan fingerprint density at radius 3 is 1.45 bits per heavy atom. The Balaban J connectivity index is 1.26. The van der Waals surface area contributed by atoms with Crippen LogP contribution < -0.4 is 0 Å². The highest BCUT2D eigenvalue weighted by Gasteiger charge is 2.40. The summed E-state index contributed by atoms with van der Waals surface area (Å²) < 4.78 is 0. The molecule has 0 radical (unpaired) electrons. The molecule has 9 aromatic rings. The molecule has 0 spiro atoms. The second kappa shape index (κ2) is 9.64. The van der Waals surface area contributed by atoms with Gasteiger partial charge >= 0.3 is 0 Å². The lowest BCUT2D eigenvalue weighted by Gasteiger charge is -2.25. The lowest BCUT2D eigenvalue weighted by atomic mass is 9.78. The zero-order chi connectivity index (χ0) is 31.3. The molecule has 0 heteroatoms. The van der Waals surface area contributed by atoms with E-state index in [9.17, 15) is 0 Å². The average Bonchev–Trinajstić information content (AvgIpc) is 3.38. The van der Waals surface area contributed by atoms with Crippen LogP contribution in [-0.4, -0.2) is 0 Å². The van der Waals surface area contributed by atoms with E-state index in [0.29, 0.717) is 0 Å². The van der Waals surface area contributed by atoms with Crippen LogP contribution in [0.15, 0.2) is 158 Å². The van der Waals surface area contributed by atoms with E-state index < -0.39 is 0 Å². The normalized spacial score (nSPS) is 13.5. The molecule has 1 aliphatic carbocycles. The highest BCUT2D eigenvalue weighted by molar-refractivity contribution is 6.22. The Bertz CT molecular complexity index is 2760. The van der Waals surface area contributed by atoms with E-state index in [1.165, 1.54) is 98.4 Å². The van der Waals surface area contributed by atoms with E-state index in [1.807, 2.05) is 0 Å². The second-order valence-electron chi connectivity index (χ2n) is 13.6. The fourth-order valence-corrected chi connectivity index (χ4v) is 8.71. The SMILES string of the molecule is CC1(C)c2cc(-c3cccc(-c4cc5ccccc5c5ccccc45)c3)c3ccccc3c2-c2c1c1ccccc1c1ccccc21. The van der Waals surface area contributed by atoms with Crippen LogP contribution in [0.3, 0.4) is 0 Å². The molecule has 0 nitrogen and oxygen atoms in total. The fourth-order valence-electron chi connectivity index (χ4n) is 8.71. The van der Waals surface area contributed by atoms with Crippen molar-refractivity contribution in [3.05, 3.63) is 169 Å². The first-order chi connectivity index (χ1) is 23.1. The third kappa shape index (κ3) is 3.64. The van der Waals surface area contributed by atoms with Crippen LogP contribution in [0.2, 0.25) is 0 Å². The van der Waals surface area contributed by atoms with Gasteiger partial charge in [-0.3, -0.25) is 0 Å². The van der Waals surface area contributed by atoms with Gasteiger partial charge in [-0.25, -0.2) is 0 Å². The van der Waals surface area contributed by atoms with Gasteiger partial charge in [0.25, 0.3) is 0 Å². The summed E-state index contributed by atoms with van der Waals surface area (Å²) in [6.45, 7) is 4.85. The monoisotopic (exact) mass is 596 g/mol. The second-order valence-corrected chi connectivity index (χ2v) is 13.6. The maximum atomic E-state index is 2.51. The van der Waals surface area contributed by atoms with Gasteiger partial charge in [0, 0.05) is 5.41 Å². The third-order valence-corrected chi connectivity index (χ3v) is 10.8. The molecule has 0 N–H and O–H groups in total. The van der Waals surface area contributed by atoms with Gasteiger partial charge in [0.1, 0.15) is 0 Å². The minimum absolute atomic E-state index is 0.167. The van der Waals surface area contributed by atoms with Crippen molar-refractivity contribution in [2.45, 2.75) is 19.3 Å². The molecular formula is C47H32. The Kier molecular flexibility index (Phi) is 5.44. The maximum absolute atomic E-state index is 2.51. The molecule has 0 aromatic heterocycles. The van der Waals surface area contributed by atoms with E-state index in [2.05, 4.69) is 172 Å². The van der Waals surface area contributed by atoms with E-state index in [4.69, 9.17) is 0 Å². The largest absolute Gasteiger partial charge is 0.0616 e. The summed E-state index contributed by atoms with van der Waals surface area (Å²) in [4.78, 5) is 0. The van der Waals surface area contributed by atoms with E-state index in [0.717, 1.165) is 0 Å². The Hall–Kier alpha value is -5.72. The van der Waals surface area contributed by atoms with Gasteiger partial charge in [0.05, 0.1) is 0 Å². The summed E-state index contributed by atoms with van der Waals surface area (Å²) in [6.07, 6.45) is 0. The molecular weight excluding hydrogens is 565 g/mol. The Morgan fingerprint density at radius 2 is 0.787 bits per heavy atom. The minimum Gasteiger partial charge on any atom is -0.0616 e. The first kappa shape index (κ1) is 26.5. The molecule has 1 aliphatic rings. The molecule has 0 saturated carbocycles. The topological polar surface area (TPSA) is 0 Å². The summed E-state index contributed by atoms with van der Waals surface area (Å²) >= 11 is 0. The molecule has 47 heavy (non-hydrogen) atoms. The molecule has 0 saturated heterocycles. The zero-order valence-corrected chi connectivity index (χ0v) is 26.5. The Morgan fingerprint density at radius 1 is 0.340 bits per heavy atom. The summed E-state index contributed by atoms with van der Waals surface area (Å²) in [7, 11) is 0. The first-order valence-corrected chi connectivity index (χ1v) is 16.6. The summed E-state index contributed by atoms with van der Waals surface area (Å²) in [5.41, 5.74) is 10.5. The van der Waals surface area contributed by atoms with E-state index in [-0.39, 0.29) is 5.41 Å². The van der Waals surface area contributed by atoms with Crippen LogP contribution in [0.5, 0.6) is 0 Å². The third-order valence-electron chi connectivity index (χ3n) is 10.8. The quantitative estimate of drug-likeness (QED) is 0.174. The van der Waals surface area contributed by atoms with Crippen LogP contribution >= 0.6 is 0 Å². The van der Waals surface area contributed by atoms with Crippen molar-refractivity contribution >= 4 is 53.9 Å². The molecule has 0 aliphatic heterocycles. The van der Waals surface area contributed by atoms with Crippen LogP contribution in [0.1, 0.15) is 25.0 Å². The van der Waals surface area contributed by atoms with Gasteiger partial charge < -0.3 is 0 Å². The van der Waals surface area contributed by atoms with E-state index >= 15 is 0 Å². The van der Waals surface area contributed by atoms with Gasteiger partial charge in [-0.05, 0) is 117 Å². The van der Waals surface area contributed by atoms with Crippen molar-refractivity contribution in [1.82, 2.24) is 0 Å². The fraction of sp³-hybridized carbons (Fsp3) is 0.0638. The number of benzene rings is 9. The van der Waals surface area contributed by atoms with Crippen LogP contribution in [0.25, 0.3) is 87.2 Å².